The van der Waals surface area contributed by atoms with Crippen LogP contribution in [0.4, 0.5) is 0 Å². The first-order valence-corrected chi connectivity index (χ1v) is 18.0. The molecule has 0 radical (unpaired) electrons. The third kappa shape index (κ3) is 14.5. The number of allylic oxidation sites excluding steroid dienone is 10. The van der Waals surface area contributed by atoms with Crippen molar-refractivity contribution in [3.63, 3.8) is 0 Å². The first-order valence-electron chi connectivity index (χ1n) is 17.6. The molecule has 6 nitrogen and oxygen atoms in total. The van der Waals surface area contributed by atoms with Crippen LogP contribution in [0.1, 0.15) is 101 Å². The molecular formula is C42H53ClN2O4. The summed E-state index contributed by atoms with van der Waals surface area (Å²) in [7, 11) is 0. The highest BCUT2D eigenvalue weighted by atomic mass is 35.5. The second kappa shape index (κ2) is 21.7. The van der Waals surface area contributed by atoms with E-state index in [0.29, 0.717) is 41.4 Å². The van der Waals surface area contributed by atoms with E-state index in [4.69, 9.17) is 16.3 Å². The number of ether oxygens (including phenoxy) is 1. The van der Waals surface area contributed by atoms with E-state index < -0.39 is 5.60 Å². The number of rotatable bonds is 20. The maximum atomic E-state index is 13.6. The van der Waals surface area contributed by atoms with Gasteiger partial charge in [0, 0.05) is 41.7 Å². The van der Waals surface area contributed by atoms with Crippen LogP contribution < -0.4 is 10.1 Å². The van der Waals surface area contributed by atoms with E-state index in [0.717, 1.165) is 57.8 Å². The molecule has 2 amide bonds. The summed E-state index contributed by atoms with van der Waals surface area (Å²) in [6.45, 7) is 6.72. The average Bonchev–Trinajstić information content (AvgIpc) is 3.57. The van der Waals surface area contributed by atoms with Crippen LogP contribution in [0, 0.1) is 0 Å². The average molecular weight is 685 g/mol. The van der Waals surface area contributed by atoms with Crippen LogP contribution in [0.15, 0.2) is 109 Å². The van der Waals surface area contributed by atoms with Crippen molar-refractivity contribution in [2.45, 2.75) is 96.6 Å². The van der Waals surface area contributed by atoms with Crippen molar-refractivity contribution >= 4 is 29.2 Å². The summed E-state index contributed by atoms with van der Waals surface area (Å²) in [5.41, 5.74) is -0.0479. The van der Waals surface area contributed by atoms with Gasteiger partial charge in [-0.1, -0.05) is 79.3 Å². The van der Waals surface area contributed by atoms with E-state index in [-0.39, 0.29) is 23.6 Å². The van der Waals surface area contributed by atoms with Gasteiger partial charge in [0.2, 0.25) is 5.91 Å². The fourth-order valence-electron chi connectivity index (χ4n) is 5.51. The molecule has 1 fully saturated rings. The molecule has 1 aliphatic heterocycles. The maximum Gasteiger partial charge on any atom is 0.266 e. The Morgan fingerprint density at radius 1 is 0.816 bits per heavy atom. The molecule has 1 atom stereocenters. The van der Waals surface area contributed by atoms with Gasteiger partial charge in [0.15, 0.2) is 11.4 Å². The molecule has 2 aromatic rings. The summed E-state index contributed by atoms with van der Waals surface area (Å²) in [6, 6.07) is 13.5. The number of carbonyl (C=O) groups excluding carboxylic acids is 3. The number of hydrogen-bond acceptors (Lipinski definition) is 4. The van der Waals surface area contributed by atoms with E-state index in [9.17, 15) is 14.4 Å². The lowest BCUT2D eigenvalue weighted by molar-refractivity contribution is -0.146. The largest absolute Gasteiger partial charge is 0.478 e. The first kappa shape index (κ1) is 39.3. The number of benzene rings is 2. The second-order valence-corrected chi connectivity index (χ2v) is 13.1. The molecular weight excluding hydrogens is 632 g/mol. The lowest BCUT2D eigenvalue weighted by Crippen LogP contribution is -2.52. The van der Waals surface area contributed by atoms with Gasteiger partial charge >= 0.3 is 0 Å². The molecule has 49 heavy (non-hydrogen) atoms. The lowest BCUT2D eigenvalue weighted by atomic mass is 10.0. The number of nitrogens with zero attached hydrogens (tertiary/aromatic N) is 1. The fraction of sp³-hybridized carbons (Fsp3) is 0.405. The van der Waals surface area contributed by atoms with E-state index in [1.807, 2.05) is 4.90 Å². The van der Waals surface area contributed by atoms with Crippen LogP contribution in [0.3, 0.4) is 0 Å². The Hall–Kier alpha value is -4.16. The minimum Gasteiger partial charge on any atom is -0.478 e. The van der Waals surface area contributed by atoms with Crippen molar-refractivity contribution in [2.75, 3.05) is 13.1 Å². The Bertz CT molecular complexity index is 1470. The number of hydrogen-bond donors (Lipinski definition) is 1. The Balaban J connectivity index is 1.32. The van der Waals surface area contributed by atoms with Crippen LogP contribution in [-0.4, -0.2) is 47.2 Å². The van der Waals surface area contributed by atoms with Crippen LogP contribution in [-0.2, 0) is 9.59 Å². The Morgan fingerprint density at radius 3 is 1.92 bits per heavy atom. The number of likely N-dealkylation sites (tertiary alicyclic amines) is 1. The zero-order valence-electron chi connectivity index (χ0n) is 29.4. The van der Waals surface area contributed by atoms with Gasteiger partial charge in [0.25, 0.3) is 5.91 Å². The van der Waals surface area contributed by atoms with Gasteiger partial charge in [-0.25, -0.2) is 0 Å². The molecule has 0 aliphatic carbocycles. The topological polar surface area (TPSA) is 75.7 Å². The Morgan fingerprint density at radius 2 is 1.35 bits per heavy atom. The molecule has 0 saturated carbocycles. The van der Waals surface area contributed by atoms with E-state index in [1.54, 1.807) is 62.4 Å². The number of halogens is 1. The highest BCUT2D eigenvalue weighted by Gasteiger charge is 2.39. The monoisotopic (exact) mass is 684 g/mol. The molecule has 1 saturated heterocycles. The molecule has 1 unspecified atom stereocenters. The number of unbranched alkanes of at least 4 members (excludes halogenated alkanes) is 1. The van der Waals surface area contributed by atoms with E-state index >= 15 is 0 Å². The molecule has 3 rings (SSSR count). The number of nitrogens with one attached hydrogen (secondary N) is 1. The molecule has 0 bridgehead atoms. The molecule has 1 aliphatic rings. The van der Waals surface area contributed by atoms with Crippen LogP contribution in [0.5, 0.6) is 5.75 Å². The van der Waals surface area contributed by atoms with Crippen molar-refractivity contribution in [3.8, 4) is 5.75 Å². The van der Waals surface area contributed by atoms with Gasteiger partial charge in [-0.2, -0.15) is 0 Å². The third-order valence-electron chi connectivity index (χ3n) is 8.22. The Kier molecular flexibility index (Phi) is 17.4. The summed E-state index contributed by atoms with van der Waals surface area (Å²) in [4.78, 5) is 40.7. The molecule has 0 aromatic heterocycles. The van der Waals surface area contributed by atoms with E-state index in [2.05, 4.69) is 73.0 Å². The molecule has 262 valence electrons. The maximum absolute atomic E-state index is 13.6. The van der Waals surface area contributed by atoms with Gasteiger partial charge < -0.3 is 15.0 Å². The highest BCUT2D eigenvalue weighted by molar-refractivity contribution is 6.30. The van der Waals surface area contributed by atoms with Crippen molar-refractivity contribution < 1.29 is 19.1 Å². The zero-order valence-corrected chi connectivity index (χ0v) is 30.2. The second-order valence-electron chi connectivity index (χ2n) is 12.7. The fourth-order valence-corrected chi connectivity index (χ4v) is 5.64. The first-order chi connectivity index (χ1) is 23.7. The molecule has 0 spiro atoms. The number of amides is 2. The predicted molar refractivity (Wildman–Crippen MR) is 202 cm³/mol. The van der Waals surface area contributed by atoms with Crippen molar-refractivity contribution in [3.05, 3.63) is 125 Å². The van der Waals surface area contributed by atoms with Gasteiger partial charge in [0.05, 0.1) is 0 Å². The van der Waals surface area contributed by atoms with Crippen molar-refractivity contribution in [1.82, 2.24) is 10.2 Å². The quantitative estimate of drug-likeness (QED) is 0.0856. The summed E-state index contributed by atoms with van der Waals surface area (Å²) in [5, 5.41) is 3.61. The molecule has 1 N–H and O–H groups in total. The zero-order chi connectivity index (χ0) is 35.3. The highest BCUT2D eigenvalue weighted by Crippen LogP contribution is 2.26. The summed E-state index contributed by atoms with van der Waals surface area (Å²) < 4.78 is 6.12. The molecule has 7 heteroatoms. The van der Waals surface area contributed by atoms with Crippen molar-refractivity contribution in [1.29, 1.82) is 0 Å². The number of carbonyl (C=O) groups is 3. The third-order valence-corrected chi connectivity index (χ3v) is 8.47. The van der Waals surface area contributed by atoms with E-state index in [1.165, 1.54) is 0 Å². The Labute approximate surface area is 298 Å². The smallest absolute Gasteiger partial charge is 0.266 e. The minimum atomic E-state index is -1.12. The lowest BCUT2D eigenvalue weighted by Gasteiger charge is -2.33. The van der Waals surface area contributed by atoms with Crippen LogP contribution in [0.2, 0.25) is 5.02 Å². The van der Waals surface area contributed by atoms with Gasteiger partial charge in [-0.15, -0.1) is 0 Å². The van der Waals surface area contributed by atoms with Crippen LogP contribution in [0.25, 0.3) is 0 Å². The molecule has 2 aromatic carbocycles. The van der Waals surface area contributed by atoms with Crippen LogP contribution >= 0.6 is 11.6 Å². The SMILES string of the molecule is CC/C=C\C/C=C\C/C=C\C/C=C\C/C=C\CCCC(=O)NCC1CCCN1C(=O)C(C)(C)Oc1ccc(C(=O)c2ccc(Cl)cc2)cc1. The minimum absolute atomic E-state index is 0.00963. The predicted octanol–water partition coefficient (Wildman–Crippen LogP) is 9.76. The summed E-state index contributed by atoms with van der Waals surface area (Å²) >= 11 is 5.94. The standard InChI is InChI=1S/C42H53ClN2O4/c1-4-5-6-7-8-9-10-11-12-13-14-15-16-17-18-19-20-23-39(46)44-33-37-22-21-32-45(37)41(48)42(2,3)49-38-30-26-35(27-31-38)40(47)34-24-28-36(43)29-25-34/h5-6,8-9,11-12,14-15,17-18,24-31,37H,4,7,10,13,16,19-23,32-33H2,1-3H3,(H,44,46)/b6-5-,9-8-,12-11-,15-14-,18-17-. The van der Waals surface area contributed by atoms with Gasteiger partial charge in [0.1, 0.15) is 5.75 Å². The normalized spacial score (nSPS) is 15.4. The molecule has 1 heterocycles. The van der Waals surface area contributed by atoms with Crippen molar-refractivity contribution in [2.24, 2.45) is 0 Å². The summed E-state index contributed by atoms with van der Waals surface area (Å²) in [5.74, 6) is 0.275. The van der Waals surface area contributed by atoms with Gasteiger partial charge in [-0.05, 0) is 120 Å². The summed E-state index contributed by atoms with van der Waals surface area (Å²) in [6.07, 6.45) is 30.5. The number of ketones is 1. The van der Waals surface area contributed by atoms with Gasteiger partial charge in [-0.3, -0.25) is 14.4 Å².